The Morgan fingerprint density at radius 1 is 1.29 bits per heavy atom. The van der Waals surface area contributed by atoms with Gasteiger partial charge in [0.1, 0.15) is 5.75 Å². The van der Waals surface area contributed by atoms with E-state index in [9.17, 15) is 0 Å². The van der Waals surface area contributed by atoms with E-state index in [2.05, 4.69) is 56.2 Å². The Hall–Kier alpha value is -1.06. The van der Waals surface area contributed by atoms with Gasteiger partial charge in [-0.1, -0.05) is 19.9 Å². The quantitative estimate of drug-likeness (QED) is 0.794. The van der Waals surface area contributed by atoms with E-state index in [1.165, 1.54) is 24.0 Å². The van der Waals surface area contributed by atoms with Crippen molar-refractivity contribution < 1.29 is 4.74 Å². The van der Waals surface area contributed by atoms with Crippen LogP contribution in [0.1, 0.15) is 44.7 Å². The zero-order valence-corrected chi connectivity index (χ0v) is 14.1. The molecule has 0 aromatic heterocycles. The fourth-order valence-corrected chi connectivity index (χ4v) is 2.54. The molecule has 1 fully saturated rings. The molecule has 1 aromatic rings. The van der Waals surface area contributed by atoms with Crippen LogP contribution >= 0.6 is 0 Å². The summed E-state index contributed by atoms with van der Waals surface area (Å²) < 4.78 is 5.53. The van der Waals surface area contributed by atoms with Gasteiger partial charge in [-0.05, 0) is 50.4 Å². The van der Waals surface area contributed by atoms with Crippen molar-refractivity contribution >= 4 is 0 Å². The maximum absolute atomic E-state index is 5.53. The van der Waals surface area contributed by atoms with E-state index >= 15 is 0 Å². The smallest absolute Gasteiger partial charge is 0.123 e. The lowest BCUT2D eigenvalue weighted by Gasteiger charge is -2.28. The van der Waals surface area contributed by atoms with Gasteiger partial charge in [-0.2, -0.15) is 0 Å². The molecule has 1 aromatic carbocycles. The van der Waals surface area contributed by atoms with Crippen molar-refractivity contribution in [3.63, 3.8) is 0 Å². The largest absolute Gasteiger partial charge is 0.496 e. The van der Waals surface area contributed by atoms with Gasteiger partial charge in [-0.15, -0.1) is 0 Å². The molecule has 1 aliphatic rings. The van der Waals surface area contributed by atoms with Gasteiger partial charge in [-0.25, -0.2) is 0 Å². The number of hydrogen-bond donors (Lipinski definition) is 1. The second-order valence-electron chi connectivity index (χ2n) is 6.70. The second-order valence-corrected chi connectivity index (χ2v) is 6.70. The highest BCUT2D eigenvalue weighted by atomic mass is 16.5. The molecule has 2 rings (SSSR count). The summed E-state index contributed by atoms with van der Waals surface area (Å²) in [6.45, 7) is 8.73. The highest BCUT2D eigenvalue weighted by molar-refractivity contribution is 5.37. The van der Waals surface area contributed by atoms with Crippen LogP contribution in [-0.4, -0.2) is 31.1 Å². The zero-order chi connectivity index (χ0) is 15.4. The van der Waals surface area contributed by atoms with Gasteiger partial charge < -0.3 is 10.1 Å². The number of benzene rings is 1. The maximum atomic E-state index is 5.53. The molecule has 0 bridgehead atoms. The van der Waals surface area contributed by atoms with Crippen molar-refractivity contribution in [1.82, 2.24) is 10.2 Å². The monoisotopic (exact) mass is 290 g/mol. The molecule has 3 heteroatoms. The first-order chi connectivity index (χ1) is 10.0. The third kappa shape index (κ3) is 4.72. The highest BCUT2D eigenvalue weighted by Gasteiger charge is 2.20. The average molecular weight is 290 g/mol. The van der Waals surface area contributed by atoms with Crippen LogP contribution in [0.3, 0.4) is 0 Å². The molecule has 1 N–H and O–H groups in total. The molecule has 0 saturated heterocycles. The summed E-state index contributed by atoms with van der Waals surface area (Å²) in [4.78, 5) is 2.40. The lowest BCUT2D eigenvalue weighted by Crippen LogP contribution is -2.32. The van der Waals surface area contributed by atoms with Crippen LogP contribution in [0, 0.1) is 5.92 Å². The number of methoxy groups -OCH3 is 1. The Balaban J connectivity index is 2.05. The first kappa shape index (κ1) is 16.3. The minimum absolute atomic E-state index is 0.558. The maximum Gasteiger partial charge on any atom is 0.123 e. The number of rotatable bonds is 8. The lowest BCUT2D eigenvalue weighted by molar-refractivity contribution is 0.198. The van der Waals surface area contributed by atoms with Crippen LogP contribution in [0.5, 0.6) is 5.75 Å². The Labute approximate surface area is 129 Å². The summed E-state index contributed by atoms with van der Waals surface area (Å²) in [5, 5.41) is 3.58. The number of ether oxygens (including phenoxy) is 1. The first-order valence-electron chi connectivity index (χ1n) is 8.10. The summed E-state index contributed by atoms with van der Waals surface area (Å²) in [6.07, 6.45) is 2.66. The third-order valence-corrected chi connectivity index (χ3v) is 4.60. The molecular weight excluding hydrogens is 260 g/mol. The molecule has 1 unspecified atom stereocenters. The Bertz CT molecular complexity index is 455. The molecule has 3 nitrogen and oxygen atoms in total. The van der Waals surface area contributed by atoms with Crippen LogP contribution in [0.4, 0.5) is 0 Å². The summed E-state index contributed by atoms with van der Waals surface area (Å²) >= 11 is 0. The molecular formula is C18H30N2O. The van der Waals surface area contributed by atoms with Crippen LogP contribution in [0.2, 0.25) is 0 Å². The fourth-order valence-electron chi connectivity index (χ4n) is 2.54. The van der Waals surface area contributed by atoms with Gasteiger partial charge >= 0.3 is 0 Å². The summed E-state index contributed by atoms with van der Waals surface area (Å²) in [6, 6.07) is 7.87. The van der Waals surface area contributed by atoms with Gasteiger partial charge in [0.15, 0.2) is 0 Å². The summed E-state index contributed by atoms with van der Waals surface area (Å²) in [7, 11) is 3.95. The molecule has 0 radical (unpaired) electrons. The third-order valence-electron chi connectivity index (χ3n) is 4.60. The molecule has 0 heterocycles. The van der Waals surface area contributed by atoms with Crippen molar-refractivity contribution in [2.75, 3.05) is 14.2 Å². The molecule has 1 aliphatic carbocycles. The van der Waals surface area contributed by atoms with Crippen LogP contribution in [-0.2, 0) is 13.1 Å². The molecule has 118 valence electrons. The van der Waals surface area contributed by atoms with E-state index < -0.39 is 0 Å². The van der Waals surface area contributed by atoms with Crippen molar-refractivity contribution in [1.29, 1.82) is 0 Å². The normalized spacial score (nSPS) is 16.5. The average Bonchev–Trinajstić information content (AvgIpc) is 3.28. The summed E-state index contributed by atoms with van der Waals surface area (Å²) in [5.41, 5.74) is 2.63. The van der Waals surface area contributed by atoms with E-state index in [1.54, 1.807) is 7.11 Å². The zero-order valence-electron chi connectivity index (χ0n) is 14.1. The van der Waals surface area contributed by atoms with E-state index in [-0.39, 0.29) is 0 Å². The number of nitrogens with zero attached hydrogens (tertiary/aromatic N) is 1. The van der Waals surface area contributed by atoms with E-state index in [4.69, 9.17) is 4.74 Å². The van der Waals surface area contributed by atoms with Gasteiger partial charge in [0.2, 0.25) is 0 Å². The van der Waals surface area contributed by atoms with E-state index in [1.807, 2.05) is 0 Å². The fraction of sp³-hybridized carbons (Fsp3) is 0.667. The van der Waals surface area contributed by atoms with Crippen molar-refractivity contribution in [2.24, 2.45) is 5.92 Å². The van der Waals surface area contributed by atoms with Gasteiger partial charge in [-0.3, -0.25) is 4.90 Å². The van der Waals surface area contributed by atoms with Crippen LogP contribution in [0.15, 0.2) is 18.2 Å². The number of hydrogen-bond acceptors (Lipinski definition) is 3. The SMILES string of the molecule is COc1ccc(CNC2CC2)cc1CN(C)C(C)C(C)C. The highest BCUT2D eigenvalue weighted by Crippen LogP contribution is 2.24. The van der Waals surface area contributed by atoms with Gasteiger partial charge in [0, 0.05) is 30.7 Å². The van der Waals surface area contributed by atoms with Crippen molar-refractivity contribution in [3.05, 3.63) is 29.3 Å². The Kier molecular flexibility index (Phi) is 5.65. The Morgan fingerprint density at radius 3 is 2.57 bits per heavy atom. The second kappa shape index (κ2) is 7.28. The van der Waals surface area contributed by atoms with Crippen LogP contribution in [0.25, 0.3) is 0 Å². The number of nitrogens with one attached hydrogen (secondary N) is 1. The summed E-state index contributed by atoms with van der Waals surface area (Å²) in [5.74, 6) is 1.65. The molecule has 0 aliphatic heterocycles. The molecule has 0 amide bonds. The van der Waals surface area contributed by atoms with E-state index in [0.717, 1.165) is 24.9 Å². The standard InChI is InChI=1S/C18H30N2O/c1-13(2)14(3)20(4)12-16-10-15(6-9-18(16)21-5)11-19-17-7-8-17/h6,9-10,13-14,17,19H,7-8,11-12H2,1-5H3. The van der Waals surface area contributed by atoms with Gasteiger partial charge in [0.25, 0.3) is 0 Å². The predicted octanol–water partition coefficient (Wildman–Crippen LogP) is 3.42. The predicted molar refractivity (Wildman–Crippen MR) is 88.6 cm³/mol. The Morgan fingerprint density at radius 2 is 2.00 bits per heavy atom. The van der Waals surface area contributed by atoms with Crippen molar-refractivity contribution in [2.45, 2.75) is 58.8 Å². The molecule has 21 heavy (non-hydrogen) atoms. The van der Waals surface area contributed by atoms with E-state index in [0.29, 0.717) is 12.0 Å². The minimum atomic E-state index is 0.558. The molecule has 0 spiro atoms. The first-order valence-corrected chi connectivity index (χ1v) is 8.10. The molecule has 1 saturated carbocycles. The topological polar surface area (TPSA) is 24.5 Å². The van der Waals surface area contributed by atoms with Gasteiger partial charge in [0.05, 0.1) is 7.11 Å². The van der Waals surface area contributed by atoms with Crippen LogP contribution < -0.4 is 10.1 Å². The minimum Gasteiger partial charge on any atom is -0.496 e. The van der Waals surface area contributed by atoms with Crippen molar-refractivity contribution in [3.8, 4) is 5.75 Å². The molecule has 1 atom stereocenters. The lowest BCUT2D eigenvalue weighted by atomic mass is 10.0.